The Morgan fingerprint density at radius 3 is 3.00 bits per heavy atom. The van der Waals surface area contributed by atoms with E-state index in [-0.39, 0.29) is 5.91 Å². The topological polar surface area (TPSA) is 58.6 Å². The third kappa shape index (κ3) is 4.13. The second-order valence-corrected chi connectivity index (χ2v) is 6.57. The summed E-state index contributed by atoms with van der Waals surface area (Å²) in [6.07, 6.45) is 5.47. The Morgan fingerprint density at radius 1 is 1.35 bits per heavy atom. The maximum Gasteiger partial charge on any atom is 0.236 e. The number of pyridine rings is 1. The van der Waals surface area contributed by atoms with Crippen LogP contribution in [0, 0.1) is 0 Å². The number of rotatable bonds is 6. The van der Waals surface area contributed by atoms with Gasteiger partial charge >= 0.3 is 0 Å². The van der Waals surface area contributed by atoms with E-state index in [1.807, 2.05) is 29.4 Å². The van der Waals surface area contributed by atoms with Gasteiger partial charge in [0.05, 0.1) is 13.2 Å². The second kappa shape index (κ2) is 7.63. The van der Waals surface area contributed by atoms with Crippen molar-refractivity contribution in [3.8, 4) is 10.6 Å². The van der Waals surface area contributed by atoms with Gasteiger partial charge in [-0.25, -0.2) is 4.98 Å². The van der Waals surface area contributed by atoms with Gasteiger partial charge < -0.3 is 9.64 Å². The van der Waals surface area contributed by atoms with Gasteiger partial charge in [0.25, 0.3) is 0 Å². The van der Waals surface area contributed by atoms with E-state index >= 15 is 0 Å². The number of piperazine rings is 1. The highest BCUT2D eigenvalue weighted by Crippen LogP contribution is 2.25. The Kier molecular flexibility index (Phi) is 5.32. The van der Waals surface area contributed by atoms with E-state index in [0.717, 1.165) is 30.2 Å². The maximum absolute atomic E-state index is 12.1. The Labute approximate surface area is 139 Å². The normalized spacial score (nSPS) is 16.0. The molecule has 1 aliphatic heterocycles. The van der Waals surface area contributed by atoms with Gasteiger partial charge in [0.2, 0.25) is 5.91 Å². The van der Waals surface area contributed by atoms with Gasteiger partial charge in [0.15, 0.2) is 0 Å². The molecule has 2 aromatic rings. The molecular formula is C16H20N4O2S. The Hall–Kier alpha value is -1.83. The zero-order valence-electron chi connectivity index (χ0n) is 13.1. The van der Waals surface area contributed by atoms with Crippen molar-refractivity contribution in [3.63, 3.8) is 0 Å². The van der Waals surface area contributed by atoms with Crippen LogP contribution >= 0.6 is 11.3 Å². The van der Waals surface area contributed by atoms with E-state index < -0.39 is 0 Å². The van der Waals surface area contributed by atoms with Gasteiger partial charge in [-0.05, 0) is 12.1 Å². The number of amides is 1. The molecule has 122 valence electrons. The standard InChI is InChI=1S/C16H20N4O2S/c1-22-8-7-20-6-5-19(12-15(20)21)11-14-10-18-16(23-14)13-3-2-4-17-9-13/h2-4,9-10H,5-8,11-12H2,1H3. The lowest BCUT2D eigenvalue weighted by Crippen LogP contribution is -2.50. The summed E-state index contributed by atoms with van der Waals surface area (Å²) >= 11 is 1.66. The van der Waals surface area contributed by atoms with Gasteiger partial charge in [0.1, 0.15) is 5.01 Å². The first kappa shape index (κ1) is 16.0. The number of thiazole rings is 1. The monoisotopic (exact) mass is 332 g/mol. The third-order valence-corrected chi connectivity index (χ3v) is 4.84. The van der Waals surface area contributed by atoms with E-state index in [0.29, 0.717) is 19.7 Å². The Balaban J connectivity index is 1.57. The van der Waals surface area contributed by atoms with Crippen LogP contribution in [0.2, 0.25) is 0 Å². The molecule has 0 saturated carbocycles. The molecule has 0 N–H and O–H groups in total. The average molecular weight is 332 g/mol. The quantitative estimate of drug-likeness (QED) is 0.802. The number of carbonyl (C=O) groups excluding carboxylic acids is 1. The van der Waals surface area contributed by atoms with Crippen LogP contribution in [-0.2, 0) is 16.1 Å². The van der Waals surface area contributed by atoms with E-state index in [4.69, 9.17) is 4.74 Å². The number of hydrogen-bond acceptors (Lipinski definition) is 6. The Morgan fingerprint density at radius 2 is 2.26 bits per heavy atom. The van der Waals surface area contributed by atoms with E-state index in [2.05, 4.69) is 14.9 Å². The summed E-state index contributed by atoms with van der Waals surface area (Å²) in [5, 5.41) is 0.971. The summed E-state index contributed by atoms with van der Waals surface area (Å²) < 4.78 is 5.04. The van der Waals surface area contributed by atoms with Crippen LogP contribution in [-0.4, -0.2) is 65.6 Å². The second-order valence-electron chi connectivity index (χ2n) is 5.46. The Bertz CT molecular complexity index is 647. The average Bonchev–Trinajstić information content (AvgIpc) is 3.03. The minimum atomic E-state index is 0.172. The molecule has 0 bridgehead atoms. The summed E-state index contributed by atoms with van der Waals surface area (Å²) in [4.78, 5) is 25.9. The molecule has 23 heavy (non-hydrogen) atoms. The van der Waals surface area contributed by atoms with Crippen LogP contribution in [0.4, 0.5) is 0 Å². The molecule has 7 heteroatoms. The van der Waals surface area contributed by atoms with Gasteiger partial charge in [-0.2, -0.15) is 0 Å². The van der Waals surface area contributed by atoms with Crippen molar-refractivity contribution < 1.29 is 9.53 Å². The lowest BCUT2D eigenvalue weighted by molar-refractivity contribution is -0.136. The zero-order chi connectivity index (χ0) is 16.1. The van der Waals surface area contributed by atoms with Gasteiger partial charge in [-0.15, -0.1) is 11.3 Å². The van der Waals surface area contributed by atoms with Crippen molar-refractivity contribution in [1.82, 2.24) is 19.8 Å². The summed E-state index contributed by atoms with van der Waals surface area (Å²) in [6, 6.07) is 3.92. The fourth-order valence-electron chi connectivity index (χ4n) is 2.55. The summed E-state index contributed by atoms with van der Waals surface area (Å²) in [5.41, 5.74) is 1.03. The fraction of sp³-hybridized carbons (Fsp3) is 0.438. The molecule has 1 fully saturated rings. The van der Waals surface area contributed by atoms with Crippen molar-refractivity contribution in [1.29, 1.82) is 0 Å². The van der Waals surface area contributed by atoms with Gasteiger partial charge in [-0.3, -0.25) is 14.7 Å². The van der Waals surface area contributed by atoms with Crippen LogP contribution in [0.3, 0.4) is 0 Å². The first-order chi connectivity index (χ1) is 11.3. The van der Waals surface area contributed by atoms with Gasteiger partial charge in [-0.1, -0.05) is 0 Å². The fourth-order valence-corrected chi connectivity index (χ4v) is 3.50. The van der Waals surface area contributed by atoms with Crippen molar-refractivity contribution in [2.24, 2.45) is 0 Å². The van der Waals surface area contributed by atoms with Crippen LogP contribution in [0.1, 0.15) is 4.88 Å². The first-order valence-corrected chi connectivity index (χ1v) is 8.42. The molecule has 6 nitrogen and oxygen atoms in total. The minimum absolute atomic E-state index is 0.172. The molecule has 2 aromatic heterocycles. The van der Waals surface area contributed by atoms with Crippen molar-refractivity contribution in [2.75, 3.05) is 39.9 Å². The number of aromatic nitrogens is 2. The van der Waals surface area contributed by atoms with Crippen molar-refractivity contribution in [3.05, 3.63) is 35.6 Å². The molecule has 3 heterocycles. The highest BCUT2D eigenvalue weighted by molar-refractivity contribution is 7.15. The summed E-state index contributed by atoms with van der Waals surface area (Å²) in [6.45, 7) is 4.14. The highest BCUT2D eigenvalue weighted by Gasteiger charge is 2.24. The van der Waals surface area contributed by atoms with E-state index in [9.17, 15) is 4.79 Å². The first-order valence-electron chi connectivity index (χ1n) is 7.60. The summed E-state index contributed by atoms with van der Waals surface area (Å²) in [5.74, 6) is 0.172. The van der Waals surface area contributed by atoms with E-state index in [1.54, 1.807) is 24.6 Å². The lowest BCUT2D eigenvalue weighted by atomic mass is 10.3. The molecule has 1 amide bonds. The molecule has 1 aliphatic rings. The molecule has 0 unspecified atom stereocenters. The largest absolute Gasteiger partial charge is 0.383 e. The van der Waals surface area contributed by atoms with Crippen LogP contribution in [0.15, 0.2) is 30.7 Å². The van der Waals surface area contributed by atoms with Gasteiger partial charge in [0, 0.05) is 62.3 Å². The number of methoxy groups -OCH3 is 1. The zero-order valence-corrected chi connectivity index (χ0v) is 14.0. The van der Waals surface area contributed by atoms with Crippen molar-refractivity contribution in [2.45, 2.75) is 6.54 Å². The maximum atomic E-state index is 12.1. The van der Waals surface area contributed by atoms with E-state index in [1.165, 1.54) is 4.88 Å². The molecule has 0 radical (unpaired) electrons. The molecule has 0 spiro atoms. The van der Waals surface area contributed by atoms with Crippen LogP contribution < -0.4 is 0 Å². The molecule has 1 saturated heterocycles. The molecule has 0 atom stereocenters. The number of nitrogens with zero attached hydrogens (tertiary/aromatic N) is 4. The molecule has 0 aromatic carbocycles. The molecule has 3 rings (SSSR count). The predicted molar refractivity (Wildman–Crippen MR) is 89.1 cm³/mol. The molecule has 0 aliphatic carbocycles. The van der Waals surface area contributed by atoms with Crippen molar-refractivity contribution >= 4 is 17.2 Å². The SMILES string of the molecule is COCCN1CCN(Cc2cnc(-c3cccnc3)s2)CC1=O. The third-order valence-electron chi connectivity index (χ3n) is 3.80. The number of carbonyl (C=O) groups is 1. The lowest BCUT2D eigenvalue weighted by Gasteiger charge is -2.33. The number of hydrogen-bond donors (Lipinski definition) is 0. The molecular weight excluding hydrogens is 312 g/mol. The number of ether oxygens (including phenoxy) is 1. The van der Waals surface area contributed by atoms with Crippen LogP contribution in [0.25, 0.3) is 10.6 Å². The smallest absolute Gasteiger partial charge is 0.236 e. The minimum Gasteiger partial charge on any atom is -0.383 e. The van der Waals surface area contributed by atoms with Crippen LogP contribution in [0.5, 0.6) is 0 Å². The summed E-state index contributed by atoms with van der Waals surface area (Å²) in [7, 11) is 1.66. The highest BCUT2D eigenvalue weighted by atomic mass is 32.1. The predicted octanol–water partition coefficient (Wildman–Crippen LogP) is 1.50.